The van der Waals surface area contributed by atoms with E-state index in [1.807, 2.05) is 35.7 Å². The van der Waals surface area contributed by atoms with Gasteiger partial charge in [-0.2, -0.15) is 0 Å². The molecular weight excluding hydrogens is 270 g/mol. The van der Waals surface area contributed by atoms with Gasteiger partial charge in [0.2, 0.25) is 0 Å². The van der Waals surface area contributed by atoms with Crippen LogP contribution in [0.2, 0.25) is 0 Å². The second-order valence-electron chi connectivity index (χ2n) is 4.87. The van der Waals surface area contributed by atoms with Gasteiger partial charge in [0, 0.05) is 4.88 Å². The van der Waals surface area contributed by atoms with Crippen LogP contribution in [-0.2, 0) is 11.3 Å². The van der Waals surface area contributed by atoms with Gasteiger partial charge in [0.25, 0.3) is 5.91 Å². The fourth-order valence-electron chi connectivity index (χ4n) is 1.76. The van der Waals surface area contributed by atoms with Gasteiger partial charge in [-0.25, -0.2) is 0 Å². The quantitative estimate of drug-likeness (QED) is 0.883. The molecule has 0 atom stereocenters. The molecule has 0 spiro atoms. The predicted octanol–water partition coefficient (Wildman–Crippen LogP) is 3.57. The molecule has 0 aliphatic rings. The lowest BCUT2D eigenvalue weighted by Gasteiger charge is -2.10. The molecule has 2 rings (SSSR count). The van der Waals surface area contributed by atoms with Crippen LogP contribution in [0, 0.1) is 0 Å². The lowest BCUT2D eigenvalue weighted by molar-refractivity contribution is -0.123. The number of nitrogens with one attached hydrogen (secondary N) is 1. The van der Waals surface area contributed by atoms with Crippen LogP contribution in [0.25, 0.3) is 0 Å². The Morgan fingerprint density at radius 1 is 1.30 bits per heavy atom. The number of rotatable bonds is 6. The SMILES string of the molecule is CC(C)c1cccc(OCC(=O)NCc2cccs2)c1. The highest BCUT2D eigenvalue weighted by atomic mass is 32.1. The van der Waals surface area contributed by atoms with Gasteiger partial charge in [0.15, 0.2) is 6.61 Å². The zero-order chi connectivity index (χ0) is 14.4. The topological polar surface area (TPSA) is 38.3 Å². The predicted molar refractivity (Wildman–Crippen MR) is 82.2 cm³/mol. The third-order valence-corrected chi connectivity index (χ3v) is 3.81. The van der Waals surface area contributed by atoms with Crippen LogP contribution in [0.5, 0.6) is 5.75 Å². The highest BCUT2D eigenvalue weighted by molar-refractivity contribution is 7.09. The van der Waals surface area contributed by atoms with Crippen LogP contribution in [0.3, 0.4) is 0 Å². The standard InChI is InChI=1S/C16H19NO2S/c1-12(2)13-5-3-6-14(9-13)19-11-16(18)17-10-15-7-4-8-20-15/h3-9,12H,10-11H2,1-2H3,(H,17,18). The Hall–Kier alpha value is -1.81. The molecule has 4 heteroatoms. The van der Waals surface area contributed by atoms with Gasteiger partial charge < -0.3 is 10.1 Å². The van der Waals surface area contributed by atoms with Crippen LogP contribution in [-0.4, -0.2) is 12.5 Å². The van der Waals surface area contributed by atoms with Crippen LogP contribution in [0.4, 0.5) is 0 Å². The minimum absolute atomic E-state index is 0.0485. The molecule has 0 saturated carbocycles. The van der Waals surface area contributed by atoms with E-state index in [0.29, 0.717) is 12.5 Å². The van der Waals surface area contributed by atoms with E-state index in [4.69, 9.17) is 4.74 Å². The summed E-state index contributed by atoms with van der Waals surface area (Å²) in [6.45, 7) is 4.87. The molecule has 1 aromatic heterocycles. The summed E-state index contributed by atoms with van der Waals surface area (Å²) in [7, 11) is 0. The smallest absolute Gasteiger partial charge is 0.258 e. The number of carbonyl (C=O) groups excluding carboxylic acids is 1. The van der Waals surface area contributed by atoms with Crippen molar-refractivity contribution in [1.82, 2.24) is 5.32 Å². The molecule has 1 heterocycles. The Bertz CT molecular complexity index is 549. The van der Waals surface area contributed by atoms with Gasteiger partial charge in [0.05, 0.1) is 6.54 Å². The number of carbonyl (C=O) groups is 1. The first-order valence-corrected chi connectivity index (χ1v) is 7.55. The van der Waals surface area contributed by atoms with E-state index in [9.17, 15) is 4.79 Å². The van der Waals surface area contributed by atoms with Crippen molar-refractivity contribution in [3.63, 3.8) is 0 Å². The molecular formula is C16H19NO2S. The summed E-state index contributed by atoms with van der Waals surface area (Å²) in [5.74, 6) is 1.09. The molecule has 1 amide bonds. The summed E-state index contributed by atoms with van der Waals surface area (Å²) in [6, 6.07) is 11.8. The van der Waals surface area contributed by atoms with Gasteiger partial charge >= 0.3 is 0 Å². The van der Waals surface area contributed by atoms with Crippen LogP contribution in [0.1, 0.15) is 30.2 Å². The third-order valence-electron chi connectivity index (χ3n) is 2.93. The molecule has 0 aliphatic carbocycles. The fourth-order valence-corrected chi connectivity index (χ4v) is 2.41. The maximum Gasteiger partial charge on any atom is 0.258 e. The van der Waals surface area contributed by atoms with Crippen LogP contribution < -0.4 is 10.1 Å². The summed E-state index contributed by atoms with van der Waals surface area (Å²) in [5.41, 5.74) is 1.21. The van der Waals surface area contributed by atoms with Crippen molar-refractivity contribution >= 4 is 17.2 Å². The number of hydrogen-bond donors (Lipinski definition) is 1. The van der Waals surface area contributed by atoms with Crippen molar-refractivity contribution < 1.29 is 9.53 Å². The molecule has 0 bridgehead atoms. The molecule has 2 aromatic rings. The summed E-state index contributed by atoms with van der Waals surface area (Å²) in [5, 5.41) is 4.83. The normalized spacial score (nSPS) is 10.6. The molecule has 1 N–H and O–H groups in total. The minimum atomic E-state index is -0.103. The maximum absolute atomic E-state index is 11.7. The molecule has 0 unspecified atom stereocenters. The summed E-state index contributed by atoms with van der Waals surface area (Å²) in [4.78, 5) is 12.8. The minimum Gasteiger partial charge on any atom is -0.484 e. The molecule has 20 heavy (non-hydrogen) atoms. The summed E-state index contributed by atoms with van der Waals surface area (Å²) in [6.07, 6.45) is 0. The van der Waals surface area contributed by atoms with Crippen LogP contribution >= 0.6 is 11.3 Å². The maximum atomic E-state index is 11.7. The number of amides is 1. The molecule has 3 nitrogen and oxygen atoms in total. The largest absolute Gasteiger partial charge is 0.484 e. The van der Waals surface area contributed by atoms with Gasteiger partial charge in [-0.15, -0.1) is 11.3 Å². The highest BCUT2D eigenvalue weighted by Crippen LogP contribution is 2.19. The number of ether oxygens (including phenoxy) is 1. The first kappa shape index (κ1) is 14.6. The van der Waals surface area contributed by atoms with E-state index < -0.39 is 0 Å². The Kier molecular flexibility index (Phi) is 5.18. The molecule has 0 aliphatic heterocycles. The van der Waals surface area contributed by atoms with Crippen molar-refractivity contribution in [3.05, 3.63) is 52.2 Å². The van der Waals surface area contributed by atoms with E-state index in [-0.39, 0.29) is 12.5 Å². The lowest BCUT2D eigenvalue weighted by atomic mass is 10.0. The van der Waals surface area contributed by atoms with Crippen molar-refractivity contribution in [2.75, 3.05) is 6.61 Å². The van der Waals surface area contributed by atoms with Crippen molar-refractivity contribution in [2.45, 2.75) is 26.3 Å². The number of thiophene rings is 1. The van der Waals surface area contributed by atoms with E-state index in [1.165, 1.54) is 5.56 Å². The average molecular weight is 289 g/mol. The number of hydrogen-bond acceptors (Lipinski definition) is 3. The highest BCUT2D eigenvalue weighted by Gasteiger charge is 2.05. The Balaban J connectivity index is 1.79. The molecule has 106 valence electrons. The monoisotopic (exact) mass is 289 g/mol. The van der Waals surface area contributed by atoms with Crippen LogP contribution in [0.15, 0.2) is 41.8 Å². The van der Waals surface area contributed by atoms with Gasteiger partial charge in [-0.1, -0.05) is 32.0 Å². The molecule has 0 fully saturated rings. The van der Waals surface area contributed by atoms with Crippen molar-refractivity contribution in [2.24, 2.45) is 0 Å². The average Bonchev–Trinajstić information content (AvgIpc) is 2.96. The Morgan fingerprint density at radius 2 is 2.15 bits per heavy atom. The molecule has 1 aromatic carbocycles. The molecule has 0 saturated heterocycles. The van der Waals surface area contributed by atoms with Crippen molar-refractivity contribution in [1.29, 1.82) is 0 Å². The lowest BCUT2D eigenvalue weighted by Crippen LogP contribution is -2.28. The van der Waals surface area contributed by atoms with E-state index >= 15 is 0 Å². The van der Waals surface area contributed by atoms with E-state index in [0.717, 1.165) is 10.6 Å². The Morgan fingerprint density at radius 3 is 2.85 bits per heavy atom. The zero-order valence-electron chi connectivity index (χ0n) is 11.8. The van der Waals surface area contributed by atoms with E-state index in [2.05, 4.69) is 25.2 Å². The third kappa shape index (κ3) is 4.38. The second kappa shape index (κ2) is 7.10. The van der Waals surface area contributed by atoms with E-state index in [1.54, 1.807) is 11.3 Å². The first-order valence-electron chi connectivity index (χ1n) is 6.67. The Labute approximate surface area is 123 Å². The second-order valence-corrected chi connectivity index (χ2v) is 5.90. The first-order chi connectivity index (χ1) is 9.65. The van der Waals surface area contributed by atoms with Crippen molar-refractivity contribution in [3.8, 4) is 5.75 Å². The van der Waals surface area contributed by atoms with Gasteiger partial charge in [-0.3, -0.25) is 4.79 Å². The molecule has 0 radical (unpaired) electrons. The van der Waals surface area contributed by atoms with Gasteiger partial charge in [-0.05, 0) is 35.1 Å². The summed E-state index contributed by atoms with van der Waals surface area (Å²) < 4.78 is 5.52. The number of benzene rings is 1. The fraction of sp³-hybridized carbons (Fsp3) is 0.312. The van der Waals surface area contributed by atoms with Gasteiger partial charge in [0.1, 0.15) is 5.75 Å². The zero-order valence-corrected chi connectivity index (χ0v) is 12.6. The summed E-state index contributed by atoms with van der Waals surface area (Å²) >= 11 is 1.63.